The molecule has 0 N–H and O–H groups in total. The fourth-order valence-electron chi connectivity index (χ4n) is 10.2. The van der Waals surface area contributed by atoms with Gasteiger partial charge in [0.1, 0.15) is 11.2 Å². The van der Waals surface area contributed by atoms with Gasteiger partial charge in [-0.3, -0.25) is 0 Å². The maximum Gasteiger partial charge on any atom is 0.136 e. The molecule has 13 rings (SSSR count). The van der Waals surface area contributed by atoms with E-state index in [9.17, 15) is 0 Å². The number of aromatic nitrogens is 1. The molecule has 0 fully saturated rings. The highest BCUT2D eigenvalue weighted by Gasteiger charge is 2.18. The molecule has 3 heteroatoms. The van der Waals surface area contributed by atoms with E-state index in [0.29, 0.717) is 0 Å². The molecule has 0 radical (unpaired) electrons. The number of para-hydroxylation sites is 4. The summed E-state index contributed by atoms with van der Waals surface area (Å²) in [5.41, 5.74) is 17.9. The van der Waals surface area contributed by atoms with Gasteiger partial charge in [0.2, 0.25) is 0 Å². The van der Waals surface area contributed by atoms with E-state index in [1.165, 1.54) is 60.4 Å². The number of rotatable bonds is 8. The molecular formula is C64H42N2O. The average Bonchev–Trinajstić information content (AvgIpc) is 3.95. The summed E-state index contributed by atoms with van der Waals surface area (Å²) in [5.74, 6) is 0. The number of benzene rings is 11. The fraction of sp³-hybridized carbons (Fsp3) is 0. The summed E-state index contributed by atoms with van der Waals surface area (Å²) in [5, 5.41) is 7.27. The van der Waals surface area contributed by atoms with Crippen LogP contribution in [0.4, 0.5) is 17.1 Å². The van der Waals surface area contributed by atoms with Crippen LogP contribution in [0.2, 0.25) is 0 Å². The van der Waals surface area contributed by atoms with E-state index in [2.05, 4.69) is 252 Å². The smallest absolute Gasteiger partial charge is 0.136 e. The summed E-state index contributed by atoms with van der Waals surface area (Å²) in [4.78, 5) is 2.36. The summed E-state index contributed by atoms with van der Waals surface area (Å²) >= 11 is 0. The third kappa shape index (κ3) is 6.67. The van der Waals surface area contributed by atoms with Gasteiger partial charge in [-0.15, -0.1) is 0 Å². The molecule has 0 atom stereocenters. The predicted molar refractivity (Wildman–Crippen MR) is 282 cm³/mol. The van der Waals surface area contributed by atoms with E-state index >= 15 is 0 Å². The van der Waals surface area contributed by atoms with Crippen LogP contribution in [0.25, 0.3) is 105 Å². The van der Waals surface area contributed by atoms with Crippen LogP contribution < -0.4 is 4.90 Å². The van der Waals surface area contributed by atoms with Gasteiger partial charge in [0.05, 0.1) is 16.7 Å². The van der Waals surface area contributed by atoms with Crippen molar-refractivity contribution < 1.29 is 4.42 Å². The average molecular weight is 855 g/mol. The Morgan fingerprint density at radius 1 is 0.299 bits per heavy atom. The normalized spacial score (nSPS) is 11.6. The molecule has 314 valence electrons. The standard InChI is InChI=1S/C64H42N2O/c1-2-14-47-42-50(28-27-43(47)13-1)49-16-11-15-48(41-49)44-29-35-51(36-30-44)65(53-39-33-46(34-40-53)55-21-12-26-63-64(55)58-20-6-10-25-62(58)67-63)52-37-31-45(32-38-52)54-17-3-7-22-59(54)66-60-23-8-4-18-56(60)57-19-5-9-24-61(57)66/h1-42H. The van der Waals surface area contributed by atoms with Gasteiger partial charge in [0.25, 0.3) is 0 Å². The zero-order chi connectivity index (χ0) is 44.3. The molecule has 0 spiro atoms. The molecule has 67 heavy (non-hydrogen) atoms. The van der Waals surface area contributed by atoms with Crippen molar-refractivity contribution in [3.63, 3.8) is 0 Å². The van der Waals surface area contributed by atoms with Gasteiger partial charge in [-0.1, -0.05) is 176 Å². The fourth-order valence-corrected chi connectivity index (χ4v) is 10.2. The van der Waals surface area contributed by atoms with Gasteiger partial charge in [0.15, 0.2) is 0 Å². The van der Waals surface area contributed by atoms with Crippen molar-refractivity contribution in [3.05, 3.63) is 255 Å². The second-order valence-corrected chi connectivity index (χ2v) is 17.3. The Labute approximate surface area is 388 Å². The topological polar surface area (TPSA) is 21.3 Å². The van der Waals surface area contributed by atoms with Crippen molar-refractivity contribution in [1.82, 2.24) is 4.57 Å². The maximum absolute atomic E-state index is 6.28. The van der Waals surface area contributed by atoms with Crippen LogP contribution in [0.1, 0.15) is 0 Å². The first kappa shape index (κ1) is 38.5. The van der Waals surface area contributed by atoms with Crippen LogP contribution in [0.15, 0.2) is 259 Å². The molecule has 0 saturated carbocycles. The third-order valence-electron chi connectivity index (χ3n) is 13.4. The molecule has 0 unspecified atom stereocenters. The lowest BCUT2D eigenvalue weighted by molar-refractivity contribution is 0.669. The van der Waals surface area contributed by atoms with Crippen LogP contribution in [0, 0.1) is 0 Å². The van der Waals surface area contributed by atoms with Crippen LogP contribution >= 0.6 is 0 Å². The number of hydrogen-bond donors (Lipinski definition) is 0. The SMILES string of the molecule is c1cc(-c2ccc(N(c3ccc(-c4ccccc4-n4c5ccccc5c5ccccc54)cc3)c3ccc(-c4cccc5oc6ccccc6c45)cc3)cc2)cc(-c2ccc3ccccc3c2)c1. The molecule has 0 aliphatic heterocycles. The van der Waals surface area contributed by atoms with E-state index < -0.39 is 0 Å². The Bertz CT molecular complexity index is 3920. The summed E-state index contributed by atoms with van der Waals surface area (Å²) in [6.45, 7) is 0. The van der Waals surface area contributed by atoms with E-state index in [-0.39, 0.29) is 0 Å². The lowest BCUT2D eigenvalue weighted by Gasteiger charge is -2.26. The van der Waals surface area contributed by atoms with Crippen molar-refractivity contribution in [1.29, 1.82) is 0 Å². The highest BCUT2D eigenvalue weighted by atomic mass is 16.3. The monoisotopic (exact) mass is 854 g/mol. The van der Waals surface area contributed by atoms with E-state index in [1.54, 1.807) is 0 Å². The van der Waals surface area contributed by atoms with Crippen molar-refractivity contribution in [2.24, 2.45) is 0 Å². The molecule has 2 heterocycles. The van der Waals surface area contributed by atoms with Crippen LogP contribution in [0.3, 0.4) is 0 Å². The molecule has 11 aromatic carbocycles. The van der Waals surface area contributed by atoms with Crippen molar-refractivity contribution in [2.75, 3.05) is 4.90 Å². The Balaban J connectivity index is 0.893. The molecule has 0 saturated heterocycles. The largest absolute Gasteiger partial charge is 0.456 e. The first-order valence-corrected chi connectivity index (χ1v) is 22.9. The van der Waals surface area contributed by atoms with Gasteiger partial charge in [-0.05, 0) is 129 Å². The van der Waals surface area contributed by atoms with Crippen molar-refractivity contribution in [2.45, 2.75) is 0 Å². The van der Waals surface area contributed by atoms with Crippen LogP contribution in [0.5, 0.6) is 0 Å². The molecule has 0 bridgehead atoms. The molecule has 0 amide bonds. The Morgan fingerprint density at radius 2 is 0.776 bits per heavy atom. The quantitative estimate of drug-likeness (QED) is 0.152. The molecule has 2 aromatic heterocycles. The van der Waals surface area contributed by atoms with E-state index in [4.69, 9.17) is 4.42 Å². The van der Waals surface area contributed by atoms with Gasteiger partial charge in [0, 0.05) is 44.2 Å². The zero-order valence-corrected chi connectivity index (χ0v) is 36.6. The maximum atomic E-state index is 6.28. The summed E-state index contributed by atoms with van der Waals surface area (Å²) in [6.07, 6.45) is 0. The number of hydrogen-bond acceptors (Lipinski definition) is 2. The molecule has 3 nitrogen and oxygen atoms in total. The Morgan fingerprint density at radius 3 is 1.48 bits per heavy atom. The summed E-state index contributed by atoms with van der Waals surface area (Å²) in [6, 6.07) is 91.9. The highest BCUT2D eigenvalue weighted by Crippen LogP contribution is 2.42. The third-order valence-corrected chi connectivity index (χ3v) is 13.4. The minimum atomic E-state index is 0.895. The number of anilines is 3. The Hall–Kier alpha value is -8.92. The molecule has 0 aliphatic rings. The van der Waals surface area contributed by atoms with Crippen molar-refractivity contribution in [3.8, 4) is 50.2 Å². The molecule has 0 aliphatic carbocycles. The number of nitrogens with zero attached hydrogens (tertiary/aromatic N) is 2. The first-order chi connectivity index (χ1) is 33.2. The highest BCUT2D eigenvalue weighted by molar-refractivity contribution is 6.13. The summed E-state index contributed by atoms with van der Waals surface area (Å²) < 4.78 is 8.69. The van der Waals surface area contributed by atoms with Gasteiger partial charge in [-0.25, -0.2) is 0 Å². The first-order valence-electron chi connectivity index (χ1n) is 22.9. The van der Waals surface area contributed by atoms with E-state index in [1.807, 2.05) is 12.1 Å². The van der Waals surface area contributed by atoms with Crippen LogP contribution in [-0.2, 0) is 0 Å². The number of fused-ring (bicyclic) bond motifs is 7. The Kier molecular flexibility index (Phi) is 9.17. The van der Waals surface area contributed by atoms with Crippen molar-refractivity contribution >= 4 is 71.6 Å². The predicted octanol–water partition coefficient (Wildman–Crippen LogP) is 18.0. The summed E-state index contributed by atoms with van der Waals surface area (Å²) in [7, 11) is 0. The van der Waals surface area contributed by atoms with Crippen LogP contribution in [-0.4, -0.2) is 4.57 Å². The molecular weight excluding hydrogens is 813 g/mol. The molecule has 13 aromatic rings. The minimum absolute atomic E-state index is 0.895. The van der Waals surface area contributed by atoms with Gasteiger partial charge < -0.3 is 13.9 Å². The second-order valence-electron chi connectivity index (χ2n) is 17.3. The minimum Gasteiger partial charge on any atom is -0.456 e. The van der Waals surface area contributed by atoms with Gasteiger partial charge >= 0.3 is 0 Å². The zero-order valence-electron chi connectivity index (χ0n) is 36.6. The lowest BCUT2D eigenvalue weighted by atomic mass is 9.97. The van der Waals surface area contributed by atoms with Gasteiger partial charge in [-0.2, -0.15) is 0 Å². The lowest BCUT2D eigenvalue weighted by Crippen LogP contribution is -2.09. The second kappa shape index (κ2) is 16.0. The number of furan rings is 1. The van der Waals surface area contributed by atoms with E-state index in [0.717, 1.165) is 61.4 Å².